The summed E-state index contributed by atoms with van der Waals surface area (Å²) in [5.74, 6) is 1.61. The first-order chi connectivity index (χ1) is 11.2. The molecule has 0 aromatic carbocycles. The molecule has 0 spiro atoms. The van der Waals surface area contributed by atoms with E-state index in [9.17, 15) is 0 Å². The molecule has 3 aromatic heterocycles. The summed E-state index contributed by atoms with van der Waals surface area (Å²) in [4.78, 5) is 15.5. The van der Waals surface area contributed by atoms with Crippen LogP contribution >= 0.6 is 23.6 Å². The van der Waals surface area contributed by atoms with E-state index in [4.69, 9.17) is 16.6 Å². The maximum atomic E-state index is 5.83. The summed E-state index contributed by atoms with van der Waals surface area (Å²) in [5.41, 5.74) is 3.43. The van der Waals surface area contributed by atoms with Gasteiger partial charge in [-0.25, -0.2) is 9.97 Å². The van der Waals surface area contributed by atoms with Crippen LogP contribution in [0.5, 0.6) is 0 Å². The molecule has 0 unspecified atom stereocenters. The number of hydrogen-bond acceptors (Lipinski definition) is 6. The third-order valence-corrected chi connectivity index (χ3v) is 5.12. The van der Waals surface area contributed by atoms with Crippen molar-refractivity contribution < 1.29 is 4.42 Å². The lowest BCUT2D eigenvalue weighted by atomic mass is 10.1. The van der Waals surface area contributed by atoms with Crippen molar-refractivity contribution in [2.24, 2.45) is 0 Å². The highest BCUT2D eigenvalue weighted by Crippen LogP contribution is 2.27. The minimum atomic E-state index is 0.560. The second kappa shape index (κ2) is 5.99. The second-order valence-electron chi connectivity index (χ2n) is 5.65. The summed E-state index contributed by atoms with van der Waals surface area (Å²) >= 11 is 6.73. The van der Waals surface area contributed by atoms with Crippen LogP contribution in [-0.4, -0.2) is 26.4 Å². The molecule has 0 amide bonds. The van der Waals surface area contributed by atoms with Gasteiger partial charge in [-0.2, -0.15) is 0 Å². The fraction of sp³-hybridized carbons (Fsp3) is 0.312. The summed E-state index contributed by atoms with van der Waals surface area (Å²) in [5, 5.41) is 2.03. The number of nitrogens with one attached hydrogen (secondary N) is 1. The van der Waals surface area contributed by atoms with Crippen molar-refractivity contribution in [1.29, 1.82) is 0 Å². The summed E-state index contributed by atoms with van der Waals surface area (Å²) in [7, 11) is 0. The highest BCUT2D eigenvalue weighted by Gasteiger charge is 2.20. The lowest BCUT2D eigenvalue weighted by Gasteiger charge is -2.27. The van der Waals surface area contributed by atoms with Crippen LogP contribution in [0.4, 0.5) is 0 Å². The van der Waals surface area contributed by atoms with Gasteiger partial charge in [-0.15, -0.1) is 11.3 Å². The Kier molecular flexibility index (Phi) is 3.84. The Morgan fingerprint density at radius 2 is 2.39 bits per heavy atom. The van der Waals surface area contributed by atoms with E-state index in [0.29, 0.717) is 4.77 Å². The maximum absolute atomic E-state index is 5.83. The van der Waals surface area contributed by atoms with Crippen molar-refractivity contribution in [3.63, 3.8) is 0 Å². The zero-order valence-electron chi connectivity index (χ0n) is 12.7. The number of aromatic nitrogens is 3. The van der Waals surface area contributed by atoms with E-state index < -0.39 is 0 Å². The van der Waals surface area contributed by atoms with Crippen LogP contribution in [0.2, 0.25) is 0 Å². The van der Waals surface area contributed by atoms with Crippen LogP contribution < -0.4 is 0 Å². The smallest absolute Gasteiger partial charge is 0.236 e. The zero-order chi connectivity index (χ0) is 15.8. The number of thiophene rings is 1. The molecule has 3 aromatic rings. The summed E-state index contributed by atoms with van der Waals surface area (Å²) in [6, 6.07) is 4.04. The molecule has 7 heteroatoms. The van der Waals surface area contributed by atoms with Crippen LogP contribution in [0.25, 0.3) is 10.8 Å². The molecular formula is C16H16N4OS2. The van der Waals surface area contributed by atoms with Gasteiger partial charge in [0.05, 0.1) is 10.6 Å². The molecule has 1 aliphatic rings. The molecule has 0 atom stereocenters. The first-order valence-corrected chi connectivity index (χ1v) is 8.77. The maximum Gasteiger partial charge on any atom is 0.236 e. The van der Waals surface area contributed by atoms with Gasteiger partial charge in [0, 0.05) is 43.5 Å². The lowest BCUT2D eigenvalue weighted by Crippen LogP contribution is -2.31. The first kappa shape index (κ1) is 14.7. The minimum absolute atomic E-state index is 0.560. The van der Waals surface area contributed by atoms with Crippen molar-refractivity contribution >= 4 is 23.6 Å². The minimum Gasteiger partial charge on any atom is -0.440 e. The molecule has 1 N–H and O–H groups in total. The van der Waals surface area contributed by atoms with E-state index in [1.165, 1.54) is 11.3 Å². The SMILES string of the molecule is Cc1oc(-c2cccs2)nc1CN1CCc2[nH]c(=S)ncc2C1. The van der Waals surface area contributed by atoms with Gasteiger partial charge in [-0.05, 0) is 30.6 Å². The number of rotatable bonds is 3. The number of oxazole rings is 1. The molecule has 23 heavy (non-hydrogen) atoms. The predicted octanol–water partition coefficient (Wildman–Crippen LogP) is 3.72. The molecule has 0 bridgehead atoms. The van der Waals surface area contributed by atoms with Crippen molar-refractivity contribution in [1.82, 2.24) is 19.9 Å². The van der Waals surface area contributed by atoms with E-state index in [-0.39, 0.29) is 0 Å². The van der Waals surface area contributed by atoms with Gasteiger partial charge in [-0.3, -0.25) is 4.90 Å². The molecular weight excluding hydrogens is 328 g/mol. The van der Waals surface area contributed by atoms with Crippen LogP contribution in [0, 0.1) is 11.7 Å². The summed E-state index contributed by atoms with van der Waals surface area (Å²) in [6.45, 7) is 4.60. The third kappa shape index (κ3) is 2.99. The van der Waals surface area contributed by atoms with E-state index >= 15 is 0 Å². The lowest BCUT2D eigenvalue weighted by molar-refractivity contribution is 0.239. The average molecular weight is 344 g/mol. The van der Waals surface area contributed by atoms with Gasteiger partial charge in [-0.1, -0.05) is 6.07 Å². The number of hydrogen-bond donors (Lipinski definition) is 1. The Labute approximate surface area is 143 Å². The van der Waals surface area contributed by atoms with Gasteiger partial charge in [0.15, 0.2) is 4.77 Å². The molecule has 4 heterocycles. The molecule has 0 fully saturated rings. The van der Waals surface area contributed by atoms with Crippen LogP contribution in [0.3, 0.4) is 0 Å². The van der Waals surface area contributed by atoms with Crippen LogP contribution in [0.1, 0.15) is 22.7 Å². The van der Waals surface area contributed by atoms with Crippen molar-refractivity contribution in [3.05, 3.63) is 51.2 Å². The Bertz CT molecular complexity index is 882. The van der Waals surface area contributed by atoms with Crippen molar-refractivity contribution in [3.8, 4) is 10.8 Å². The normalized spacial score (nSPS) is 14.8. The van der Waals surface area contributed by atoms with Crippen molar-refractivity contribution in [2.45, 2.75) is 26.4 Å². The van der Waals surface area contributed by atoms with E-state index in [2.05, 4.69) is 19.9 Å². The van der Waals surface area contributed by atoms with E-state index in [1.54, 1.807) is 11.3 Å². The van der Waals surface area contributed by atoms with Crippen LogP contribution in [0.15, 0.2) is 28.1 Å². The Hall–Kier alpha value is -1.83. The largest absolute Gasteiger partial charge is 0.440 e. The standard InChI is InChI=1S/C16H16N4OS2/c1-10-13(18-15(21-10)14-3-2-6-23-14)9-20-5-4-12-11(8-20)7-17-16(22)19-12/h2-3,6-7H,4-5,8-9H2,1H3,(H,17,19,22). The molecule has 0 saturated heterocycles. The summed E-state index contributed by atoms with van der Waals surface area (Å²) in [6.07, 6.45) is 2.84. The highest BCUT2D eigenvalue weighted by atomic mass is 32.1. The molecule has 0 saturated carbocycles. The number of aryl methyl sites for hydroxylation is 1. The number of aromatic amines is 1. The van der Waals surface area contributed by atoms with Crippen molar-refractivity contribution in [2.75, 3.05) is 6.54 Å². The van der Waals surface area contributed by atoms with E-state index in [0.717, 1.165) is 48.3 Å². The monoisotopic (exact) mass is 344 g/mol. The Balaban J connectivity index is 1.53. The predicted molar refractivity (Wildman–Crippen MR) is 91.8 cm³/mol. The Morgan fingerprint density at radius 3 is 3.22 bits per heavy atom. The van der Waals surface area contributed by atoms with Gasteiger partial charge < -0.3 is 9.40 Å². The number of nitrogens with zero attached hydrogens (tertiary/aromatic N) is 3. The number of H-pyrrole nitrogens is 1. The van der Waals surface area contributed by atoms with Gasteiger partial charge >= 0.3 is 0 Å². The zero-order valence-corrected chi connectivity index (χ0v) is 14.3. The second-order valence-corrected chi connectivity index (χ2v) is 6.99. The van der Waals surface area contributed by atoms with Gasteiger partial charge in [0.2, 0.25) is 5.89 Å². The van der Waals surface area contributed by atoms with E-state index in [1.807, 2.05) is 30.6 Å². The average Bonchev–Trinajstić information content (AvgIpc) is 3.18. The third-order valence-electron chi connectivity index (χ3n) is 4.05. The molecule has 0 aliphatic carbocycles. The molecule has 0 radical (unpaired) electrons. The molecule has 1 aliphatic heterocycles. The fourth-order valence-corrected chi connectivity index (χ4v) is 3.66. The topological polar surface area (TPSA) is 58.0 Å². The Morgan fingerprint density at radius 1 is 1.48 bits per heavy atom. The number of fused-ring (bicyclic) bond motifs is 1. The molecule has 4 rings (SSSR count). The van der Waals surface area contributed by atoms with Crippen LogP contribution in [-0.2, 0) is 19.5 Å². The molecule has 5 nitrogen and oxygen atoms in total. The quantitative estimate of drug-likeness (QED) is 0.734. The molecule has 118 valence electrons. The fourth-order valence-electron chi connectivity index (χ4n) is 2.83. The summed E-state index contributed by atoms with van der Waals surface area (Å²) < 4.78 is 6.39. The van der Waals surface area contributed by atoms with Gasteiger partial charge in [0.25, 0.3) is 0 Å². The highest BCUT2D eigenvalue weighted by molar-refractivity contribution is 7.71. The van der Waals surface area contributed by atoms with Gasteiger partial charge in [0.1, 0.15) is 5.76 Å². The first-order valence-electron chi connectivity index (χ1n) is 7.48.